The topological polar surface area (TPSA) is 70.6 Å². The van der Waals surface area contributed by atoms with Gasteiger partial charge >= 0.3 is 0 Å². The van der Waals surface area contributed by atoms with Gasteiger partial charge in [-0.2, -0.15) is 5.10 Å². The first-order valence-electron chi connectivity index (χ1n) is 6.05. The monoisotopic (exact) mass is 307 g/mol. The van der Waals surface area contributed by atoms with Crippen LogP contribution in [0.25, 0.3) is 0 Å². The summed E-state index contributed by atoms with van der Waals surface area (Å²) >= 11 is 2.71. The molecule has 1 aromatic carbocycles. The summed E-state index contributed by atoms with van der Waals surface area (Å²) < 4.78 is -0.572. The highest BCUT2D eigenvalue weighted by Crippen LogP contribution is 2.44. The van der Waals surface area contributed by atoms with Crippen LogP contribution in [0.4, 0.5) is 10.5 Å². The van der Waals surface area contributed by atoms with Crippen molar-refractivity contribution in [1.29, 1.82) is 0 Å². The van der Waals surface area contributed by atoms with Gasteiger partial charge in [0.15, 0.2) is 0 Å². The molecule has 2 aliphatic rings. The number of benzene rings is 1. The van der Waals surface area contributed by atoms with Crippen molar-refractivity contribution in [3.63, 3.8) is 0 Å². The Morgan fingerprint density at radius 1 is 1.40 bits per heavy atom. The van der Waals surface area contributed by atoms with Gasteiger partial charge in [-0.3, -0.25) is 9.59 Å². The van der Waals surface area contributed by atoms with Gasteiger partial charge in [0, 0.05) is 17.0 Å². The van der Waals surface area contributed by atoms with E-state index in [1.54, 1.807) is 0 Å². The Labute approximate surface area is 125 Å². The van der Waals surface area contributed by atoms with Crippen LogP contribution in [0, 0.1) is 0 Å². The van der Waals surface area contributed by atoms with Crippen LogP contribution in [0.1, 0.15) is 18.1 Å². The number of hydrazone groups is 1. The number of hydrogen-bond acceptors (Lipinski definition) is 5. The van der Waals surface area contributed by atoms with Crippen molar-refractivity contribution < 1.29 is 9.59 Å². The SMILES string of the molecule is CSC1(C)C(=O)Nc2ccc(C3=NNC(=O)SC3)cc21. The van der Waals surface area contributed by atoms with E-state index < -0.39 is 4.75 Å². The van der Waals surface area contributed by atoms with Gasteiger partial charge in [-0.15, -0.1) is 11.8 Å². The van der Waals surface area contributed by atoms with E-state index in [0.29, 0.717) is 5.75 Å². The highest BCUT2D eigenvalue weighted by Gasteiger charge is 2.42. The molecule has 7 heteroatoms. The van der Waals surface area contributed by atoms with Gasteiger partial charge in [-0.05, 0) is 30.9 Å². The fourth-order valence-electron chi connectivity index (χ4n) is 2.25. The molecule has 1 unspecified atom stereocenters. The van der Waals surface area contributed by atoms with Crippen LogP contribution in [0.2, 0.25) is 0 Å². The Morgan fingerprint density at radius 2 is 2.20 bits per heavy atom. The van der Waals surface area contributed by atoms with Crippen molar-refractivity contribution in [3.8, 4) is 0 Å². The van der Waals surface area contributed by atoms with E-state index in [9.17, 15) is 9.59 Å². The third-order valence-corrected chi connectivity index (χ3v) is 5.57. The van der Waals surface area contributed by atoms with E-state index in [1.165, 1.54) is 23.5 Å². The molecule has 0 aromatic heterocycles. The molecule has 0 spiro atoms. The summed E-state index contributed by atoms with van der Waals surface area (Å²) in [5, 5.41) is 6.85. The van der Waals surface area contributed by atoms with Gasteiger partial charge in [0.05, 0.1) is 5.71 Å². The molecular formula is C13H13N3O2S2. The maximum atomic E-state index is 12.1. The van der Waals surface area contributed by atoms with Crippen molar-refractivity contribution in [2.45, 2.75) is 11.7 Å². The molecule has 2 heterocycles. The van der Waals surface area contributed by atoms with Gasteiger partial charge in [0.25, 0.3) is 5.24 Å². The van der Waals surface area contributed by atoms with Crippen molar-refractivity contribution in [2.24, 2.45) is 5.10 Å². The maximum Gasteiger partial charge on any atom is 0.299 e. The predicted molar refractivity (Wildman–Crippen MR) is 83.5 cm³/mol. The number of hydrogen-bond donors (Lipinski definition) is 2. The molecule has 20 heavy (non-hydrogen) atoms. The summed E-state index contributed by atoms with van der Waals surface area (Å²) in [7, 11) is 0. The number of rotatable bonds is 2. The number of amides is 2. The number of carbonyl (C=O) groups is 2. The fourth-order valence-corrected chi connectivity index (χ4v) is 3.49. The molecule has 104 valence electrons. The molecule has 5 nitrogen and oxygen atoms in total. The van der Waals surface area contributed by atoms with E-state index in [0.717, 1.165) is 22.5 Å². The standard InChI is InChI=1S/C13H13N3O2S2/c1-13(19-2)8-5-7(3-4-9(8)14-11(13)17)10-6-20-12(18)16-15-10/h3-5H,6H2,1-2H3,(H,14,17)(H,16,18). The Hall–Kier alpha value is -1.47. The van der Waals surface area contributed by atoms with Crippen LogP contribution in [0.5, 0.6) is 0 Å². The van der Waals surface area contributed by atoms with Crippen LogP contribution >= 0.6 is 23.5 Å². The molecule has 0 saturated carbocycles. The second-order valence-corrected chi connectivity index (χ2v) is 6.87. The van der Waals surface area contributed by atoms with Crippen LogP contribution in [-0.4, -0.2) is 28.9 Å². The van der Waals surface area contributed by atoms with Crippen molar-refractivity contribution in [3.05, 3.63) is 29.3 Å². The Bertz CT molecular complexity index is 645. The molecule has 2 amide bonds. The molecule has 2 aliphatic heterocycles. The zero-order valence-electron chi connectivity index (χ0n) is 11.0. The van der Waals surface area contributed by atoms with Crippen LogP contribution in [0.3, 0.4) is 0 Å². The Morgan fingerprint density at radius 3 is 2.85 bits per heavy atom. The summed E-state index contributed by atoms with van der Waals surface area (Å²) in [4.78, 5) is 23.2. The quantitative estimate of drug-likeness (QED) is 0.880. The smallest absolute Gasteiger partial charge is 0.299 e. The summed E-state index contributed by atoms with van der Waals surface area (Å²) in [6, 6.07) is 5.80. The summed E-state index contributed by atoms with van der Waals surface area (Å²) in [6.45, 7) is 1.92. The number of nitrogens with zero attached hydrogens (tertiary/aromatic N) is 1. The normalized spacial score (nSPS) is 24.8. The minimum absolute atomic E-state index is 0.00501. The zero-order chi connectivity index (χ0) is 14.3. The minimum atomic E-state index is -0.572. The summed E-state index contributed by atoms with van der Waals surface area (Å²) in [6.07, 6.45) is 1.93. The second kappa shape index (κ2) is 4.82. The van der Waals surface area contributed by atoms with E-state index in [-0.39, 0.29) is 11.1 Å². The molecule has 0 fully saturated rings. The Kier molecular flexibility index (Phi) is 3.25. The van der Waals surface area contributed by atoms with Gasteiger partial charge in [0.2, 0.25) is 5.91 Å². The van der Waals surface area contributed by atoms with Crippen LogP contribution in [0.15, 0.2) is 23.3 Å². The molecule has 1 atom stereocenters. The van der Waals surface area contributed by atoms with E-state index in [1.807, 2.05) is 31.4 Å². The fraction of sp³-hybridized carbons (Fsp3) is 0.308. The number of fused-ring (bicyclic) bond motifs is 1. The molecule has 1 aromatic rings. The van der Waals surface area contributed by atoms with Crippen molar-refractivity contribution in [2.75, 3.05) is 17.3 Å². The third-order valence-electron chi connectivity index (χ3n) is 3.58. The average Bonchev–Trinajstić information content (AvgIpc) is 2.72. The lowest BCUT2D eigenvalue weighted by atomic mass is 9.98. The second-order valence-electron chi connectivity index (χ2n) is 4.70. The minimum Gasteiger partial charge on any atom is -0.324 e. The van der Waals surface area contributed by atoms with Gasteiger partial charge < -0.3 is 5.32 Å². The molecular weight excluding hydrogens is 294 g/mol. The highest BCUT2D eigenvalue weighted by molar-refractivity contribution is 8.14. The van der Waals surface area contributed by atoms with E-state index in [2.05, 4.69) is 15.8 Å². The zero-order valence-corrected chi connectivity index (χ0v) is 12.7. The predicted octanol–water partition coefficient (Wildman–Crippen LogP) is 2.38. The Balaban J connectivity index is 2.02. The summed E-state index contributed by atoms with van der Waals surface area (Å²) in [5.74, 6) is 0.549. The lowest BCUT2D eigenvalue weighted by Gasteiger charge is -2.20. The molecule has 0 bridgehead atoms. The average molecular weight is 307 g/mol. The molecule has 0 radical (unpaired) electrons. The number of thioether (sulfide) groups is 2. The summed E-state index contributed by atoms with van der Waals surface area (Å²) in [5.41, 5.74) is 6.04. The van der Waals surface area contributed by atoms with Crippen LogP contribution < -0.4 is 10.7 Å². The van der Waals surface area contributed by atoms with E-state index >= 15 is 0 Å². The third kappa shape index (κ3) is 2.01. The lowest BCUT2D eigenvalue weighted by molar-refractivity contribution is -0.117. The molecule has 3 rings (SSSR count). The first-order valence-corrected chi connectivity index (χ1v) is 8.26. The van der Waals surface area contributed by atoms with Crippen molar-refractivity contribution >= 4 is 46.1 Å². The van der Waals surface area contributed by atoms with Crippen molar-refractivity contribution in [1.82, 2.24) is 5.43 Å². The highest BCUT2D eigenvalue weighted by atomic mass is 32.2. The molecule has 2 N–H and O–H groups in total. The maximum absolute atomic E-state index is 12.1. The lowest BCUT2D eigenvalue weighted by Crippen LogP contribution is -2.27. The molecule has 0 aliphatic carbocycles. The first kappa shape index (κ1) is 13.5. The number of anilines is 1. The largest absolute Gasteiger partial charge is 0.324 e. The van der Waals surface area contributed by atoms with Crippen LogP contribution in [-0.2, 0) is 9.54 Å². The van der Waals surface area contributed by atoms with Gasteiger partial charge in [-0.25, -0.2) is 5.43 Å². The van der Waals surface area contributed by atoms with Gasteiger partial charge in [-0.1, -0.05) is 17.8 Å². The number of carbonyl (C=O) groups excluding carboxylic acids is 2. The number of nitrogens with one attached hydrogen (secondary N) is 2. The molecule has 0 saturated heterocycles. The van der Waals surface area contributed by atoms with Gasteiger partial charge in [0.1, 0.15) is 4.75 Å². The first-order chi connectivity index (χ1) is 9.54. The van der Waals surface area contributed by atoms with E-state index in [4.69, 9.17) is 0 Å².